The Balaban J connectivity index is 2.07. The molecule has 6 nitrogen and oxygen atoms in total. The minimum Gasteiger partial charge on any atom is -0.497 e. The Morgan fingerprint density at radius 3 is 2.45 bits per heavy atom. The van der Waals surface area contributed by atoms with Crippen LogP contribution < -0.4 is 14.8 Å². The van der Waals surface area contributed by atoms with Crippen molar-refractivity contribution in [3.05, 3.63) is 65.2 Å². The molecule has 2 rings (SSSR count). The average Bonchev–Trinajstić information content (AvgIpc) is 2.71. The van der Waals surface area contributed by atoms with Crippen LogP contribution >= 0.6 is 0 Å². The van der Waals surface area contributed by atoms with Gasteiger partial charge in [0.15, 0.2) is 0 Å². The lowest BCUT2D eigenvalue weighted by molar-refractivity contribution is 0.134. The molecule has 0 aliphatic heterocycles. The van der Waals surface area contributed by atoms with E-state index < -0.39 is 33.8 Å². The third-order valence-corrected chi connectivity index (χ3v) is 6.24. The maximum atomic E-state index is 13.6. The van der Waals surface area contributed by atoms with Crippen LogP contribution in [0.25, 0.3) is 0 Å². The van der Waals surface area contributed by atoms with Gasteiger partial charge in [-0.3, -0.25) is 0 Å². The molecule has 0 bridgehead atoms. The third kappa shape index (κ3) is 8.90. The molecule has 2 atom stereocenters. The van der Waals surface area contributed by atoms with Crippen molar-refractivity contribution in [3.8, 4) is 5.75 Å². The molecule has 3 N–H and O–H groups in total. The molecule has 0 saturated carbocycles. The molecule has 2 aromatic rings. The van der Waals surface area contributed by atoms with Crippen molar-refractivity contribution in [1.82, 2.24) is 10.0 Å². The Morgan fingerprint density at radius 2 is 1.81 bits per heavy atom. The van der Waals surface area contributed by atoms with E-state index in [-0.39, 0.29) is 24.3 Å². The molecule has 2 unspecified atom stereocenters. The number of sulfonamides is 1. The van der Waals surface area contributed by atoms with E-state index in [1.54, 1.807) is 7.11 Å². The molecule has 0 aromatic heterocycles. The van der Waals surface area contributed by atoms with Crippen molar-refractivity contribution in [1.29, 1.82) is 0 Å². The number of methoxy groups -OCH3 is 1. The zero-order chi connectivity index (χ0) is 22.9. The Bertz CT molecular complexity index is 921. The normalized spacial score (nSPS) is 13.7. The number of unbranched alkanes of at least 4 members (excludes halogenated alkanes) is 1. The first kappa shape index (κ1) is 25.2. The van der Waals surface area contributed by atoms with Gasteiger partial charge in [-0.05, 0) is 48.2 Å². The number of nitrogens with one attached hydrogen (secondary N) is 2. The second-order valence-electron chi connectivity index (χ2n) is 7.43. The van der Waals surface area contributed by atoms with Gasteiger partial charge in [0.1, 0.15) is 17.4 Å². The molecule has 0 heterocycles. The summed E-state index contributed by atoms with van der Waals surface area (Å²) in [6, 6.07) is 9.46. The fourth-order valence-corrected chi connectivity index (χ4v) is 4.64. The molecule has 9 heteroatoms. The first-order valence-corrected chi connectivity index (χ1v) is 11.8. The van der Waals surface area contributed by atoms with Crippen molar-refractivity contribution in [2.45, 2.75) is 44.9 Å². The number of rotatable bonds is 13. The molecule has 0 fully saturated rings. The molecule has 0 aliphatic rings. The third-order valence-electron chi connectivity index (χ3n) is 4.76. The van der Waals surface area contributed by atoms with Crippen LogP contribution in [0.3, 0.4) is 0 Å². The van der Waals surface area contributed by atoms with Gasteiger partial charge in [0, 0.05) is 19.2 Å². The van der Waals surface area contributed by atoms with Crippen LogP contribution in [0.2, 0.25) is 0 Å². The van der Waals surface area contributed by atoms with Crippen molar-refractivity contribution in [2.24, 2.45) is 0 Å². The van der Waals surface area contributed by atoms with Crippen molar-refractivity contribution < 1.29 is 27.0 Å². The van der Waals surface area contributed by atoms with E-state index in [2.05, 4.69) is 10.0 Å². The van der Waals surface area contributed by atoms with Crippen LogP contribution in [0, 0.1) is 11.6 Å². The summed E-state index contributed by atoms with van der Waals surface area (Å²) in [6.45, 7) is 2.38. The summed E-state index contributed by atoms with van der Waals surface area (Å²) in [4.78, 5) is 0. The molecule has 31 heavy (non-hydrogen) atoms. The number of hydrogen-bond donors (Lipinski definition) is 3. The van der Waals surface area contributed by atoms with E-state index in [1.807, 2.05) is 31.2 Å². The predicted octanol–water partition coefficient (Wildman–Crippen LogP) is 2.75. The maximum Gasteiger partial charge on any atom is 0.211 e. The first-order chi connectivity index (χ1) is 14.7. The molecule has 0 saturated heterocycles. The smallest absolute Gasteiger partial charge is 0.211 e. The molecule has 0 spiro atoms. The highest BCUT2D eigenvalue weighted by Gasteiger charge is 2.25. The standard InChI is InChI=1S/C22H30F2N2O4S/c1-3-4-8-31(28,29)26-21(12-17-9-18(23)13-19(24)10-17)22(27)15-25-14-16-6-5-7-20(11-16)30-2/h5-7,9-11,13,21-22,25-27H,3-4,8,12,14-15H2,1-2H3. The SMILES string of the molecule is CCCCS(=O)(=O)NC(Cc1cc(F)cc(F)c1)C(O)CNCc1cccc(OC)c1. The molecule has 2 aromatic carbocycles. The lowest BCUT2D eigenvalue weighted by atomic mass is 10.0. The quantitative estimate of drug-likeness (QED) is 0.432. The van der Waals surface area contributed by atoms with Gasteiger partial charge >= 0.3 is 0 Å². The fourth-order valence-electron chi connectivity index (χ4n) is 3.15. The summed E-state index contributed by atoms with van der Waals surface area (Å²) in [5, 5.41) is 13.8. The maximum absolute atomic E-state index is 13.6. The summed E-state index contributed by atoms with van der Waals surface area (Å²) in [6.07, 6.45) is 0.00197. The topological polar surface area (TPSA) is 87.7 Å². The summed E-state index contributed by atoms with van der Waals surface area (Å²) >= 11 is 0. The number of aliphatic hydroxyl groups excluding tert-OH is 1. The van der Waals surface area contributed by atoms with Gasteiger partial charge in [0.25, 0.3) is 0 Å². The van der Waals surface area contributed by atoms with Gasteiger partial charge in [-0.15, -0.1) is 0 Å². The highest BCUT2D eigenvalue weighted by atomic mass is 32.2. The average molecular weight is 457 g/mol. The Labute approximate surface area is 182 Å². The van der Waals surface area contributed by atoms with Crippen LogP contribution in [0.1, 0.15) is 30.9 Å². The monoisotopic (exact) mass is 456 g/mol. The van der Waals surface area contributed by atoms with Crippen LogP contribution in [-0.4, -0.2) is 45.1 Å². The first-order valence-electron chi connectivity index (χ1n) is 10.2. The van der Waals surface area contributed by atoms with Crippen LogP contribution in [-0.2, 0) is 23.0 Å². The second-order valence-corrected chi connectivity index (χ2v) is 9.30. The van der Waals surface area contributed by atoms with Crippen LogP contribution in [0.4, 0.5) is 8.78 Å². The second kappa shape index (κ2) is 12.1. The van der Waals surface area contributed by atoms with E-state index >= 15 is 0 Å². The zero-order valence-corrected chi connectivity index (χ0v) is 18.6. The minimum absolute atomic E-state index is 0.0535. The molecule has 172 valence electrons. The highest BCUT2D eigenvalue weighted by Crippen LogP contribution is 2.14. The zero-order valence-electron chi connectivity index (χ0n) is 17.8. The van der Waals surface area contributed by atoms with Crippen LogP contribution in [0.5, 0.6) is 5.75 Å². The Morgan fingerprint density at radius 1 is 1.10 bits per heavy atom. The lowest BCUT2D eigenvalue weighted by Crippen LogP contribution is -2.49. The number of ether oxygens (including phenoxy) is 1. The van der Waals surface area contributed by atoms with Crippen molar-refractivity contribution >= 4 is 10.0 Å². The lowest BCUT2D eigenvalue weighted by Gasteiger charge is -2.25. The van der Waals surface area contributed by atoms with E-state index in [0.717, 1.165) is 23.8 Å². The number of halogens is 2. The summed E-state index contributed by atoms with van der Waals surface area (Å²) in [5.74, 6) is -0.891. The molecule has 0 amide bonds. The summed E-state index contributed by atoms with van der Waals surface area (Å²) in [5.41, 5.74) is 1.19. The predicted molar refractivity (Wildman–Crippen MR) is 116 cm³/mol. The van der Waals surface area contributed by atoms with Crippen molar-refractivity contribution in [2.75, 3.05) is 19.4 Å². The minimum atomic E-state index is -3.66. The van der Waals surface area contributed by atoms with Gasteiger partial charge in [-0.2, -0.15) is 0 Å². The summed E-state index contributed by atoms with van der Waals surface area (Å²) in [7, 11) is -2.09. The number of benzene rings is 2. The van der Waals surface area contributed by atoms with E-state index in [4.69, 9.17) is 4.74 Å². The van der Waals surface area contributed by atoms with E-state index in [1.165, 1.54) is 0 Å². The van der Waals surface area contributed by atoms with Gasteiger partial charge in [0.2, 0.25) is 10.0 Å². The Hall–Kier alpha value is -2.07. The highest BCUT2D eigenvalue weighted by molar-refractivity contribution is 7.89. The van der Waals surface area contributed by atoms with Gasteiger partial charge < -0.3 is 15.2 Å². The van der Waals surface area contributed by atoms with Crippen molar-refractivity contribution in [3.63, 3.8) is 0 Å². The summed E-state index contributed by atoms with van der Waals surface area (Å²) < 4.78 is 59.6. The van der Waals surface area contributed by atoms with Gasteiger partial charge in [0.05, 0.1) is 25.0 Å². The van der Waals surface area contributed by atoms with E-state index in [0.29, 0.717) is 25.1 Å². The largest absolute Gasteiger partial charge is 0.497 e. The molecular formula is C22H30F2N2O4S. The fraction of sp³-hybridized carbons (Fsp3) is 0.455. The van der Waals surface area contributed by atoms with Crippen LogP contribution in [0.15, 0.2) is 42.5 Å². The molecule has 0 radical (unpaired) electrons. The number of hydrogen-bond acceptors (Lipinski definition) is 5. The number of aliphatic hydroxyl groups is 1. The molecule has 0 aliphatic carbocycles. The van der Waals surface area contributed by atoms with E-state index in [9.17, 15) is 22.3 Å². The van der Waals surface area contributed by atoms with Gasteiger partial charge in [-0.1, -0.05) is 25.5 Å². The Kier molecular flexibility index (Phi) is 9.83. The molecular weight excluding hydrogens is 426 g/mol. The van der Waals surface area contributed by atoms with Gasteiger partial charge in [-0.25, -0.2) is 21.9 Å².